The van der Waals surface area contributed by atoms with Gasteiger partial charge in [0.1, 0.15) is 5.01 Å². The summed E-state index contributed by atoms with van der Waals surface area (Å²) >= 11 is 1.45. The Bertz CT molecular complexity index is 371. The third-order valence-corrected chi connectivity index (χ3v) is 3.65. The summed E-state index contributed by atoms with van der Waals surface area (Å²) in [6, 6.07) is 0. The lowest BCUT2D eigenvalue weighted by Gasteiger charge is -2.18. The number of esters is 1. The van der Waals surface area contributed by atoms with E-state index in [2.05, 4.69) is 9.72 Å². The van der Waals surface area contributed by atoms with Gasteiger partial charge in [-0.1, -0.05) is 6.92 Å². The number of nitrogens with two attached hydrogens (primary N) is 1. The summed E-state index contributed by atoms with van der Waals surface area (Å²) in [6.07, 6.45) is 0.778. The average Bonchev–Trinajstić information content (AvgIpc) is 2.60. The van der Waals surface area contributed by atoms with E-state index >= 15 is 0 Å². The smallest absolute Gasteiger partial charge is 0.357 e. The zero-order chi connectivity index (χ0) is 11.6. The fourth-order valence-electron chi connectivity index (χ4n) is 1.08. The Morgan fingerprint density at radius 3 is 2.73 bits per heavy atom. The van der Waals surface area contributed by atoms with Gasteiger partial charge in [-0.05, 0) is 20.3 Å². The van der Waals surface area contributed by atoms with Crippen molar-refractivity contribution >= 4 is 17.3 Å². The van der Waals surface area contributed by atoms with E-state index in [4.69, 9.17) is 5.73 Å². The number of aromatic nitrogens is 1. The number of thiazole rings is 1. The molecule has 0 amide bonds. The number of carbonyl (C=O) groups is 1. The van der Waals surface area contributed by atoms with E-state index in [0.29, 0.717) is 5.69 Å². The van der Waals surface area contributed by atoms with Gasteiger partial charge in [0.05, 0.1) is 12.6 Å². The molecule has 0 radical (unpaired) electrons. The van der Waals surface area contributed by atoms with Crippen LogP contribution < -0.4 is 5.73 Å². The lowest BCUT2D eigenvalue weighted by molar-refractivity contribution is 0.0594. The van der Waals surface area contributed by atoms with Gasteiger partial charge < -0.3 is 10.5 Å². The average molecular weight is 228 g/mol. The summed E-state index contributed by atoms with van der Waals surface area (Å²) in [5.74, 6) is -0.401. The summed E-state index contributed by atoms with van der Waals surface area (Å²) in [6.45, 7) is 5.75. The monoisotopic (exact) mass is 228 g/mol. The molecule has 0 fully saturated rings. The van der Waals surface area contributed by atoms with E-state index in [0.717, 1.165) is 16.3 Å². The molecule has 84 valence electrons. The molecule has 1 rings (SSSR count). The van der Waals surface area contributed by atoms with Crippen LogP contribution in [0.15, 0.2) is 0 Å². The van der Waals surface area contributed by atoms with Gasteiger partial charge in [0.15, 0.2) is 5.69 Å². The molecule has 0 saturated heterocycles. The standard InChI is InChI=1S/C10H16N2O2S/c1-5-10(3,11)9-12-7(6(2)15-9)8(13)14-4/h5,11H2,1-4H3. The Hall–Kier alpha value is -0.940. The minimum Gasteiger partial charge on any atom is -0.464 e. The molecule has 1 unspecified atom stereocenters. The molecule has 0 bridgehead atoms. The number of rotatable bonds is 3. The first-order valence-electron chi connectivity index (χ1n) is 4.77. The van der Waals surface area contributed by atoms with Gasteiger partial charge in [-0.25, -0.2) is 9.78 Å². The first-order chi connectivity index (χ1) is 6.92. The topological polar surface area (TPSA) is 65.2 Å². The van der Waals surface area contributed by atoms with E-state index in [9.17, 15) is 4.79 Å². The van der Waals surface area contributed by atoms with Crippen molar-refractivity contribution in [3.8, 4) is 0 Å². The summed E-state index contributed by atoms with van der Waals surface area (Å²) in [5.41, 5.74) is 5.96. The van der Waals surface area contributed by atoms with E-state index in [1.54, 1.807) is 0 Å². The summed E-state index contributed by atoms with van der Waals surface area (Å²) in [4.78, 5) is 16.4. The molecule has 5 heteroatoms. The maximum Gasteiger partial charge on any atom is 0.357 e. The number of hydrogen-bond donors (Lipinski definition) is 1. The van der Waals surface area contributed by atoms with Crippen molar-refractivity contribution in [1.29, 1.82) is 0 Å². The second kappa shape index (κ2) is 4.28. The van der Waals surface area contributed by atoms with Crippen molar-refractivity contribution < 1.29 is 9.53 Å². The van der Waals surface area contributed by atoms with Crippen molar-refractivity contribution in [1.82, 2.24) is 4.98 Å². The quantitative estimate of drug-likeness (QED) is 0.801. The number of ether oxygens (including phenoxy) is 1. The van der Waals surface area contributed by atoms with E-state index < -0.39 is 11.5 Å². The molecule has 4 nitrogen and oxygen atoms in total. The van der Waals surface area contributed by atoms with Gasteiger partial charge >= 0.3 is 5.97 Å². The third kappa shape index (κ3) is 2.35. The number of aryl methyl sites for hydroxylation is 1. The van der Waals surface area contributed by atoms with Gasteiger partial charge in [0.2, 0.25) is 0 Å². The van der Waals surface area contributed by atoms with Crippen LogP contribution in [0, 0.1) is 6.92 Å². The Morgan fingerprint density at radius 1 is 1.67 bits per heavy atom. The van der Waals surface area contributed by atoms with E-state index in [-0.39, 0.29) is 0 Å². The molecule has 1 aromatic rings. The molecule has 0 aromatic carbocycles. The first kappa shape index (κ1) is 12.1. The zero-order valence-electron chi connectivity index (χ0n) is 9.46. The van der Waals surface area contributed by atoms with Crippen LogP contribution >= 0.6 is 11.3 Å². The molecule has 0 saturated carbocycles. The predicted molar refractivity (Wildman–Crippen MR) is 60.0 cm³/mol. The maximum absolute atomic E-state index is 11.3. The summed E-state index contributed by atoms with van der Waals surface area (Å²) < 4.78 is 4.64. The minimum absolute atomic E-state index is 0.377. The third-order valence-electron chi connectivity index (χ3n) is 2.40. The summed E-state index contributed by atoms with van der Waals surface area (Å²) in [7, 11) is 1.35. The molecule has 1 atom stereocenters. The number of carbonyl (C=O) groups excluding carboxylic acids is 1. The number of methoxy groups -OCH3 is 1. The number of hydrogen-bond acceptors (Lipinski definition) is 5. The van der Waals surface area contributed by atoms with Crippen molar-refractivity contribution in [2.24, 2.45) is 5.73 Å². The molecular weight excluding hydrogens is 212 g/mol. The van der Waals surface area contributed by atoms with Gasteiger partial charge in [0.25, 0.3) is 0 Å². The first-order valence-corrected chi connectivity index (χ1v) is 5.59. The normalized spacial score (nSPS) is 14.7. The Kier molecular flexibility index (Phi) is 3.46. The van der Waals surface area contributed by atoms with Crippen LogP contribution in [0.25, 0.3) is 0 Å². The highest BCUT2D eigenvalue weighted by atomic mass is 32.1. The molecule has 1 heterocycles. The number of nitrogens with zero attached hydrogens (tertiary/aromatic N) is 1. The van der Waals surface area contributed by atoms with Crippen LogP contribution in [0.3, 0.4) is 0 Å². The van der Waals surface area contributed by atoms with Crippen molar-refractivity contribution in [3.63, 3.8) is 0 Å². The van der Waals surface area contributed by atoms with Crippen LogP contribution in [0.1, 0.15) is 40.6 Å². The predicted octanol–water partition coefficient (Wildman–Crippen LogP) is 1.82. The molecule has 0 aliphatic carbocycles. The highest BCUT2D eigenvalue weighted by molar-refractivity contribution is 7.12. The highest BCUT2D eigenvalue weighted by Crippen LogP contribution is 2.28. The SMILES string of the molecule is CCC(C)(N)c1nc(C(=O)OC)c(C)s1. The second-order valence-corrected chi connectivity index (χ2v) is 4.89. The Labute approximate surface area is 93.5 Å². The van der Waals surface area contributed by atoms with E-state index in [1.165, 1.54) is 18.4 Å². The Balaban J connectivity index is 3.11. The molecule has 2 N–H and O–H groups in total. The maximum atomic E-state index is 11.3. The second-order valence-electron chi connectivity index (χ2n) is 3.69. The molecular formula is C10H16N2O2S. The van der Waals surface area contributed by atoms with Gasteiger partial charge in [-0.15, -0.1) is 11.3 Å². The molecule has 0 aliphatic heterocycles. The van der Waals surface area contributed by atoms with E-state index in [1.807, 2.05) is 20.8 Å². The van der Waals surface area contributed by atoms with Crippen molar-refractivity contribution in [2.75, 3.05) is 7.11 Å². The summed E-state index contributed by atoms with van der Waals surface area (Å²) in [5, 5.41) is 0.780. The molecule has 1 aromatic heterocycles. The lowest BCUT2D eigenvalue weighted by Crippen LogP contribution is -2.31. The lowest BCUT2D eigenvalue weighted by atomic mass is 10.0. The minimum atomic E-state index is -0.471. The van der Waals surface area contributed by atoms with Gasteiger partial charge in [-0.2, -0.15) is 0 Å². The van der Waals surface area contributed by atoms with Crippen LogP contribution in [0.4, 0.5) is 0 Å². The highest BCUT2D eigenvalue weighted by Gasteiger charge is 2.26. The van der Waals surface area contributed by atoms with Crippen LogP contribution in [0.5, 0.6) is 0 Å². The molecule has 0 aliphatic rings. The largest absolute Gasteiger partial charge is 0.464 e. The molecule has 15 heavy (non-hydrogen) atoms. The van der Waals surface area contributed by atoms with Crippen LogP contribution in [0.2, 0.25) is 0 Å². The Morgan fingerprint density at radius 2 is 2.27 bits per heavy atom. The van der Waals surface area contributed by atoms with Crippen molar-refractivity contribution in [2.45, 2.75) is 32.7 Å². The molecule has 0 spiro atoms. The van der Waals surface area contributed by atoms with Crippen LogP contribution in [-0.2, 0) is 10.3 Å². The fourth-order valence-corrected chi connectivity index (χ4v) is 2.11. The van der Waals surface area contributed by atoms with Crippen molar-refractivity contribution in [3.05, 3.63) is 15.6 Å². The fraction of sp³-hybridized carbons (Fsp3) is 0.600. The van der Waals surface area contributed by atoms with Gasteiger partial charge in [-0.3, -0.25) is 0 Å². The zero-order valence-corrected chi connectivity index (χ0v) is 10.3. The van der Waals surface area contributed by atoms with Crippen LogP contribution in [-0.4, -0.2) is 18.1 Å². The van der Waals surface area contributed by atoms with Gasteiger partial charge in [0, 0.05) is 4.88 Å².